The van der Waals surface area contributed by atoms with Crippen LogP contribution in [-0.4, -0.2) is 30.0 Å². The quantitative estimate of drug-likeness (QED) is 0.313. The Hall–Kier alpha value is -2.74. The third-order valence-corrected chi connectivity index (χ3v) is 6.47. The van der Waals surface area contributed by atoms with E-state index in [1.54, 1.807) is 68.4 Å². The van der Waals surface area contributed by atoms with Crippen LogP contribution in [0.4, 0.5) is 4.79 Å². The van der Waals surface area contributed by atoms with Crippen molar-refractivity contribution in [1.82, 2.24) is 5.32 Å². The van der Waals surface area contributed by atoms with Gasteiger partial charge in [-0.15, -0.1) is 0 Å². The molecule has 2 aromatic rings. The average molecular weight is 436 g/mol. The summed E-state index contributed by atoms with van der Waals surface area (Å²) in [6.45, 7) is 2.98. The number of nitrogens with one attached hydrogen (secondary N) is 1. The van der Waals surface area contributed by atoms with Crippen molar-refractivity contribution in [3.8, 4) is 0 Å². The summed E-state index contributed by atoms with van der Waals surface area (Å²) in [6.07, 6.45) is -0.890. The van der Waals surface area contributed by atoms with Crippen LogP contribution in [0.3, 0.4) is 0 Å². The van der Waals surface area contributed by atoms with Crippen molar-refractivity contribution < 1.29 is 28.1 Å². The lowest BCUT2D eigenvalue weighted by Gasteiger charge is -2.27. The van der Waals surface area contributed by atoms with Gasteiger partial charge in [-0.05, 0) is 25.0 Å². The molecule has 0 saturated carbocycles. The Morgan fingerprint density at radius 3 is 2.07 bits per heavy atom. The fourth-order valence-corrected chi connectivity index (χ4v) is 4.79. The normalized spacial score (nSPS) is 13.3. The van der Waals surface area contributed by atoms with Gasteiger partial charge in [0.15, 0.2) is 0 Å². The van der Waals surface area contributed by atoms with E-state index in [9.17, 15) is 19.5 Å². The van der Waals surface area contributed by atoms with Crippen LogP contribution in [0.5, 0.6) is 0 Å². The fourth-order valence-electron chi connectivity index (χ4n) is 2.85. The maximum Gasteiger partial charge on any atom is 0.408 e. The zero-order valence-corrected chi connectivity index (χ0v) is 17.7. The highest BCUT2D eigenvalue weighted by molar-refractivity contribution is 7.54. The number of nitrogens with zero attached hydrogens (tertiary/aromatic N) is 1. The zero-order valence-electron chi connectivity index (χ0n) is 16.8. The van der Waals surface area contributed by atoms with Crippen molar-refractivity contribution in [1.29, 1.82) is 0 Å². The van der Waals surface area contributed by atoms with Gasteiger partial charge in [0.05, 0.1) is 13.2 Å². The molecule has 0 fully saturated rings. The van der Waals surface area contributed by atoms with Gasteiger partial charge in [-0.1, -0.05) is 60.7 Å². The van der Waals surface area contributed by atoms with E-state index < -0.39 is 30.4 Å². The largest absolute Gasteiger partial charge is 0.445 e. The third-order valence-electron chi connectivity index (χ3n) is 4.10. The van der Waals surface area contributed by atoms with Crippen molar-refractivity contribution in [2.24, 2.45) is 0 Å². The number of hydrogen-bond acceptors (Lipinski definition) is 7. The van der Waals surface area contributed by atoms with E-state index in [1.165, 1.54) is 0 Å². The highest BCUT2D eigenvalue weighted by atomic mass is 31.2. The number of rotatable bonds is 11. The smallest absolute Gasteiger partial charge is 0.408 e. The summed E-state index contributed by atoms with van der Waals surface area (Å²) in [5, 5.41) is 14.4. The maximum atomic E-state index is 13.3. The Morgan fingerprint density at radius 1 is 1.03 bits per heavy atom. The molecule has 10 heteroatoms. The van der Waals surface area contributed by atoms with Gasteiger partial charge in [-0.2, -0.15) is 0 Å². The first-order valence-electron chi connectivity index (χ1n) is 9.45. The maximum absolute atomic E-state index is 13.3. The van der Waals surface area contributed by atoms with Gasteiger partial charge in [-0.3, -0.25) is 14.7 Å². The third kappa shape index (κ3) is 6.38. The molecular weight excluding hydrogens is 411 g/mol. The lowest BCUT2D eigenvalue weighted by atomic mass is 10.1. The highest BCUT2D eigenvalue weighted by Crippen LogP contribution is 2.56. The first kappa shape index (κ1) is 23.5. The topological polar surface area (TPSA) is 117 Å². The van der Waals surface area contributed by atoms with E-state index in [0.29, 0.717) is 5.56 Å². The fraction of sp³-hybridized carbons (Fsp3) is 0.350. The minimum absolute atomic E-state index is 0.0219. The van der Waals surface area contributed by atoms with Gasteiger partial charge in [0.1, 0.15) is 12.6 Å². The second kappa shape index (κ2) is 11.4. The minimum atomic E-state index is -4.21. The summed E-state index contributed by atoms with van der Waals surface area (Å²) in [5.74, 6) is -1.86. The molecule has 0 unspecified atom stereocenters. The zero-order chi connectivity index (χ0) is 22.0. The molecule has 0 saturated heterocycles. The number of amides is 1. The number of carbonyl (C=O) groups excluding carboxylic acids is 1. The Bertz CT molecular complexity index is 854. The van der Waals surface area contributed by atoms with Crippen molar-refractivity contribution in [3.63, 3.8) is 0 Å². The first-order chi connectivity index (χ1) is 14.4. The van der Waals surface area contributed by atoms with Crippen LogP contribution in [-0.2, 0) is 25.0 Å². The van der Waals surface area contributed by atoms with E-state index in [-0.39, 0.29) is 19.8 Å². The summed E-state index contributed by atoms with van der Waals surface area (Å²) in [7, 11) is -4.21. The molecule has 9 nitrogen and oxygen atoms in total. The number of hydrogen-bond donors (Lipinski definition) is 1. The SMILES string of the molecule is CCOP(=O)(OCC)[C@@H]([C@@H](NC(=O)OCc1ccccc1)c1ccccc1)[N+](=O)[O-]. The number of carbonyl (C=O) groups is 1. The molecule has 1 N–H and O–H groups in total. The molecule has 0 heterocycles. The predicted molar refractivity (Wildman–Crippen MR) is 111 cm³/mol. The molecule has 0 radical (unpaired) electrons. The number of alkyl carbamates (subject to hydrolysis) is 1. The van der Waals surface area contributed by atoms with Crippen LogP contribution in [0.15, 0.2) is 60.7 Å². The average Bonchev–Trinajstić information content (AvgIpc) is 2.73. The summed E-state index contributed by atoms with van der Waals surface area (Å²) >= 11 is 0. The van der Waals surface area contributed by atoms with Crippen LogP contribution in [0.25, 0.3) is 0 Å². The van der Waals surface area contributed by atoms with Gasteiger partial charge in [0.25, 0.3) is 0 Å². The number of benzene rings is 2. The molecular formula is C20H25N2O7P. The van der Waals surface area contributed by atoms with Crippen LogP contribution < -0.4 is 5.32 Å². The van der Waals surface area contributed by atoms with Gasteiger partial charge in [0.2, 0.25) is 0 Å². The molecule has 162 valence electrons. The lowest BCUT2D eigenvalue weighted by molar-refractivity contribution is -0.506. The monoisotopic (exact) mass is 436 g/mol. The molecule has 0 aromatic heterocycles. The van der Waals surface area contributed by atoms with Crippen LogP contribution in [0, 0.1) is 10.1 Å². The number of ether oxygens (including phenoxy) is 1. The molecule has 30 heavy (non-hydrogen) atoms. The highest BCUT2D eigenvalue weighted by Gasteiger charge is 2.52. The van der Waals surface area contributed by atoms with Crippen molar-refractivity contribution in [2.75, 3.05) is 13.2 Å². The Labute approximate surface area is 175 Å². The van der Waals surface area contributed by atoms with E-state index in [4.69, 9.17) is 13.8 Å². The lowest BCUT2D eigenvalue weighted by Crippen LogP contribution is -2.41. The molecule has 0 aliphatic carbocycles. The standard InChI is InChI=1S/C20H25N2O7P/c1-3-28-30(26,29-4-2)19(22(24)25)18(17-13-9-6-10-14-17)21-20(23)27-15-16-11-7-5-8-12-16/h5-14,18-19H,3-4,15H2,1-2H3,(H,21,23)/t18-,19-/m0/s1. The van der Waals surface area contributed by atoms with Crippen molar-refractivity contribution in [3.05, 3.63) is 81.9 Å². The number of nitro groups is 1. The molecule has 0 spiro atoms. The second-order valence-corrected chi connectivity index (χ2v) is 8.29. The molecule has 0 aliphatic rings. The predicted octanol–water partition coefficient (Wildman–Crippen LogP) is 4.52. The first-order valence-corrected chi connectivity index (χ1v) is 11.1. The minimum Gasteiger partial charge on any atom is -0.445 e. The van der Waals surface area contributed by atoms with Gasteiger partial charge < -0.3 is 19.1 Å². The van der Waals surface area contributed by atoms with Crippen LogP contribution in [0.1, 0.15) is 31.0 Å². The van der Waals surface area contributed by atoms with Gasteiger partial charge in [0, 0.05) is 4.92 Å². The Morgan fingerprint density at radius 2 is 1.57 bits per heavy atom. The molecule has 0 bridgehead atoms. The van der Waals surface area contributed by atoms with Crippen LogP contribution >= 0.6 is 7.60 Å². The summed E-state index contributed by atoms with van der Waals surface area (Å²) in [4.78, 5) is 23.6. The summed E-state index contributed by atoms with van der Waals surface area (Å²) in [6, 6.07) is 15.9. The molecule has 0 aliphatic heterocycles. The van der Waals surface area contributed by atoms with Crippen molar-refractivity contribution in [2.45, 2.75) is 32.3 Å². The molecule has 1 amide bonds. The molecule has 2 rings (SSSR count). The van der Waals surface area contributed by atoms with Gasteiger partial charge in [-0.25, -0.2) is 4.79 Å². The molecule has 2 atom stereocenters. The summed E-state index contributed by atoms with van der Waals surface area (Å²) < 4.78 is 28.9. The Balaban J connectivity index is 2.31. The van der Waals surface area contributed by atoms with E-state index in [2.05, 4.69) is 5.32 Å². The summed E-state index contributed by atoms with van der Waals surface area (Å²) in [5.41, 5.74) is 1.12. The second-order valence-electron chi connectivity index (χ2n) is 6.17. The molecule has 2 aromatic carbocycles. The van der Waals surface area contributed by atoms with Crippen LogP contribution in [0.2, 0.25) is 0 Å². The van der Waals surface area contributed by atoms with E-state index in [1.807, 2.05) is 6.07 Å². The van der Waals surface area contributed by atoms with E-state index >= 15 is 0 Å². The Kier molecular flexibility index (Phi) is 8.98. The van der Waals surface area contributed by atoms with Crippen molar-refractivity contribution >= 4 is 13.7 Å². The van der Waals surface area contributed by atoms with Gasteiger partial charge >= 0.3 is 19.5 Å². The van der Waals surface area contributed by atoms with E-state index in [0.717, 1.165) is 5.56 Å².